The van der Waals surface area contributed by atoms with Gasteiger partial charge in [-0.1, -0.05) is 0 Å². The van der Waals surface area contributed by atoms with Crippen LogP contribution in [0.15, 0.2) is 41.6 Å². The number of carbonyl (C=O) groups excluding carboxylic acids is 1. The van der Waals surface area contributed by atoms with Crippen LogP contribution in [0.5, 0.6) is 0 Å². The Morgan fingerprint density at radius 2 is 1.96 bits per heavy atom. The SMILES string of the molecule is CN(C)S(=O)(=O)c1ccc(C(=O)N2CCNCC2c2nccn2C)cc1. The van der Waals surface area contributed by atoms with Gasteiger partial charge in [0.2, 0.25) is 10.0 Å². The van der Waals surface area contributed by atoms with Crippen molar-refractivity contribution in [3.63, 3.8) is 0 Å². The van der Waals surface area contributed by atoms with Crippen molar-refractivity contribution >= 4 is 15.9 Å². The average molecular weight is 377 g/mol. The van der Waals surface area contributed by atoms with Crippen molar-refractivity contribution in [3.8, 4) is 0 Å². The van der Waals surface area contributed by atoms with Crippen molar-refractivity contribution in [2.24, 2.45) is 7.05 Å². The first kappa shape index (κ1) is 18.6. The number of rotatable bonds is 4. The molecule has 3 rings (SSSR count). The smallest absolute Gasteiger partial charge is 0.254 e. The summed E-state index contributed by atoms with van der Waals surface area (Å²) in [7, 11) is 1.35. The van der Waals surface area contributed by atoms with E-state index in [-0.39, 0.29) is 16.8 Å². The van der Waals surface area contributed by atoms with Gasteiger partial charge in [0.15, 0.2) is 0 Å². The summed E-state index contributed by atoms with van der Waals surface area (Å²) in [6.45, 7) is 1.90. The van der Waals surface area contributed by atoms with Gasteiger partial charge in [0, 0.05) is 58.7 Å². The molecule has 2 heterocycles. The Bertz CT molecular complexity index is 889. The summed E-state index contributed by atoms with van der Waals surface area (Å²) >= 11 is 0. The van der Waals surface area contributed by atoms with E-state index in [1.807, 2.05) is 17.8 Å². The molecule has 1 fully saturated rings. The highest BCUT2D eigenvalue weighted by Gasteiger charge is 2.31. The molecule has 2 aromatic rings. The number of imidazole rings is 1. The molecule has 1 unspecified atom stereocenters. The molecule has 0 bridgehead atoms. The fourth-order valence-electron chi connectivity index (χ4n) is 3.02. The summed E-state index contributed by atoms with van der Waals surface area (Å²) in [6, 6.07) is 5.91. The quantitative estimate of drug-likeness (QED) is 0.836. The molecule has 1 saturated heterocycles. The fraction of sp³-hybridized carbons (Fsp3) is 0.412. The lowest BCUT2D eigenvalue weighted by Crippen LogP contribution is -2.49. The Morgan fingerprint density at radius 1 is 1.27 bits per heavy atom. The van der Waals surface area contributed by atoms with Gasteiger partial charge in [0.1, 0.15) is 11.9 Å². The van der Waals surface area contributed by atoms with Crippen LogP contribution in [0.4, 0.5) is 0 Å². The van der Waals surface area contributed by atoms with E-state index in [4.69, 9.17) is 0 Å². The third-order valence-corrected chi connectivity index (χ3v) is 6.37. The van der Waals surface area contributed by atoms with Crippen LogP contribution >= 0.6 is 0 Å². The van der Waals surface area contributed by atoms with Gasteiger partial charge in [-0.15, -0.1) is 0 Å². The molecule has 1 atom stereocenters. The molecule has 1 aliphatic rings. The average Bonchev–Trinajstić information content (AvgIpc) is 3.07. The van der Waals surface area contributed by atoms with Gasteiger partial charge in [-0.2, -0.15) is 0 Å². The largest absolute Gasteiger partial charge is 0.336 e. The number of aromatic nitrogens is 2. The van der Waals surface area contributed by atoms with E-state index >= 15 is 0 Å². The predicted octanol–water partition coefficient (Wildman–Crippen LogP) is 0.457. The van der Waals surface area contributed by atoms with E-state index in [1.54, 1.807) is 23.2 Å². The Balaban J connectivity index is 1.87. The third-order valence-electron chi connectivity index (χ3n) is 4.54. The lowest BCUT2D eigenvalue weighted by Gasteiger charge is -2.35. The van der Waals surface area contributed by atoms with Crippen LogP contribution in [-0.4, -0.2) is 66.8 Å². The van der Waals surface area contributed by atoms with Crippen molar-refractivity contribution in [3.05, 3.63) is 48.0 Å². The minimum atomic E-state index is -3.51. The maximum Gasteiger partial charge on any atom is 0.254 e. The van der Waals surface area contributed by atoms with Gasteiger partial charge in [0.25, 0.3) is 5.91 Å². The zero-order valence-electron chi connectivity index (χ0n) is 15.1. The van der Waals surface area contributed by atoms with Crippen LogP contribution < -0.4 is 5.32 Å². The molecular weight excluding hydrogens is 354 g/mol. The summed E-state index contributed by atoms with van der Waals surface area (Å²) in [4.78, 5) is 19.3. The molecule has 1 aromatic carbocycles. The fourth-order valence-corrected chi connectivity index (χ4v) is 3.92. The number of benzene rings is 1. The van der Waals surface area contributed by atoms with Crippen molar-refractivity contribution in [1.82, 2.24) is 24.1 Å². The van der Waals surface area contributed by atoms with Gasteiger partial charge in [-0.3, -0.25) is 4.79 Å². The first-order chi connectivity index (χ1) is 12.3. The standard InChI is InChI=1S/C17H23N5O3S/c1-20(2)26(24,25)14-6-4-13(5-7-14)17(23)22-11-8-18-12-15(22)16-19-9-10-21(16)3/h4-7,9-10,15,18H,8,11-12H2,1-3H3. The van der Waals surface area contributed by atoms with E-state index < -0.39 is 10.0 Å². The Labute approximate surface area is 153 Å². The third kappa shape index (κ3) is 3.37. The van der Waals surface area contributed by atoms with Crippen LogP contribution in [0.2, 0.25) is 0 Å². The highest BCUT2D eigenvalue weighted by Crippen LogP contribution is 2.23. The molecule has 26 heavy (non-hydrogen) atoms. The van der Waals surface area contributed by atoms with Crippen molar-refractivity contribution in [2.75, 3.05) is 33.7 Å². The molecule has 9 heteroatoms. The molecule has 0 saturated carbocycles. The van der Waals surface area contributed by atoms with Gasteiger partial charge in [-0.25, -0.2) is 17.7 Å². The minimum Gasteiger partial charge on any atom is -0.336 e. The maximum absolute atomic E-state index is 13.0. The molecule has 1 N–H and O–H groups in total. The Hall–Kier alpha value is -2.23. The lowest BCUT2D eigenvalue weighted by molar-refractivity contribution is 0.0621. The number of sulfonamides is 1. The maximum atomic E-state index is 13.0. The first-order valence-corrected chi connectivity index (χ1v) is 9.78. The second-order valence-corrected chi connectivity index (χ2v) is 8.58. The molecule has 1 aliphatic heterocycles. The van der Waals surface area contributed by atoms with Crippen molar-refractivity contribution in [2.45, 2.75) is 10.9 Å². The van der Waals surface area contributed by atoms with Crippen LogP contribution in [0.3, 0.4) is 0 Å². The van der Waals surface area contributed by atoms with Crippen LogP contribution in [0, 0.1) is 0 Å². The van der Waals surface area contributed by atoms with Crippen molar-refractivity contribution < 1.29 is 13.2 Å². The molecule has 0 aliphatic carbocycles. The summed E-state index contributed by atoms with van der Waals surface area (Å²) in [5.41, 5.74) is 0.462. The molecule has 0 radical (unpaired) electrons. The Morgan fingerprint density at radius 3 is 2.54 bits per heavy atom. The van der Waals surface area contributed by atoms with Gasteiger partial charge in [-0.05, 0) is 24.3 Å². The topological polar surface area (TPSA) is 87.5 Å². The normalized spacial score (nSPS) is 18.3. The van der Waals surface area contributed by atoms with E-state index in [0.29, 0.717) is 25.2 Å². The number of hydrogen-bond donors (Lipinski definition) is 1. The minimum absolute atomic E-state index is 0.131. The molecule has 8 nitrogen and oxygen atoms in total. The molecule has 0 spiro atoms. The number of hydrogen-bond acceptors (Lipinski definition) is 5. The van der Waals surface area contributed by atoms with Gasteiger partial charge in [0.05, 0.1) is 4.90 Å². The molecular formula is C17H23N5O3S. The summed E-state index contributed by atoms with van der Waals surface area (Å²) in [5, 5.41) is 3.30. The zero-order chi connectivity index (χ0) is 18.9. The second-order valence-electron chi connectivity index (χ2n) is 6.43. The number of aryl methyl sites for hydroxylation is 1. The van der Waals surface area contributed by atoms with Crippen molar-refractivity contribution in [1.29, 1.82) is 0 Å². The van der Waals surface area contributed by atoms with Gasteiger partial charge >= 0.3 is 0 Å². The number of nitrogens with zero attached hydrogens (tertiary/aromatic N) is 4. The summed E-state index contributed by atoms with van der Waals surface area (Å²) < 4.78 is 27.4. The molecule has 140 valence electrons. The van der Waals surface area contributed by atoms with Crippen LogP contribution in [-0.2, 0) is 17.1 Å². The summed E-state index contributed by atoms with van der Waals surface area (Å²) in [6.07, 6.45) is 3.57. The monoisotopic (exact) mass is 377 g/mol. The number of nitrogens with one attached hydrogen (secondary N) is 1. The highest BCUT2D eigenvalue weighted by molar-refractivity contribution is 7.89. The predicted molar refractivity (Wildman–Crippen MR) is 97.2 cm³/mol. The number of amides is 1. The molecule has 1 amide bonds. The highest BCUT2D eigenvalue weighted by atomic mass is 32.2. The Kier molecular flexibility index (Phi) is 5.12. The van der Waals surface area contributed by atoms with E-state index in [0.717, 1.165) is 10.1 Å². The van der Waals surface area contributed by atoms with E-state index in [9.17, 15) is 13.2 Å². The molecule has 1 aromatic heterocycles. The summed E-state index contributed by atoms with van der Waals surface area (Å²) in [5.74, 6) is 0.686. The van der Waals surface area contributed by atoms with E-state index in [1.165, 1.54) is 26.2 Å². The zero-order valence-corrected chi connectivity index (χ0v) is 15.9. The van der Waals surface area contributed by atoms with Gasteiger partial charge < -0.3 is 14.8 Å². The number of piperazine rings is 1. The van der Waals surface area contributed by atoms with Crippen LogP contribution in [0.25, 0.3) is 0 Å². The lowest BCUT2D eigenvalue weighted by atomic mass is 10.1. The second kappa shape index (κ2) is 7.18. The first-order valence-electron chi connectivity index (χ1n) is 8.34. The van der Waals surface area contributed by atoms with Crippen LogP contribution in [0.1, 0.15) is 22.2 Å². The number of carbonyl (C=O) groups is 1. The van der Waals surface area contributed by atoms with E-state index in [2.05, 4.69) is 10.3 Å².